The first kappa shape index (κ1) is 8.63. The maximum atomic E-state index is 10.6. The van der Waals surface area contributed by atoms with Crippen LogP contribution in [0.5, 0.6) is 0 Å². The van der Waals surface area contributed by atoms with E-state index in [9.17, 15) is 9.59 Å². The fraction of sp³-hybridized carbons (Fsp3) is 0.667. The third kappa shape index (κ3) is 2.30. The minimum absolute atomic E-state index is 0.156. The van der Waals surface area contributed by atoms with E-state index < -0.39 is 12.2 Å². The molecule has 12 heavy (non-hydrogen) atoms. The van der Waals surface area contributed by atoms with Gasteiger partial charge in [0.05, 0.1) is 13.2 Å². The van der Waals surface area contributed by atoms with E-state index in [1.54, 1.807) is 0 Å². The monoisotopic (exact) mass is 174 g/mol. The highest BCUT2D eigenvalue weighted by atomic mass is 16.6. The molecular formula is C6H10N2O4. The summed E-state index contributed by atoms with van der Waals surface area (Å²) in [5.74, 6) is 0. The summed E-state index contributed by atoms with van der Waals surface area (Å²) in [4.78, 5) is 21.1. The van der Waals surface area contributed by atoms with Crippen LogP contribution in [-0.2, 0) is 9.47 Å². The summed E-state index contributed by atoms with van der Waals surface area (Å²) in [5, 5.41) is 4.94. The Morgan fingerprint density at radius 1 is 1.92 bits per heavy atom. The molecule has 2 N–H and O–H groups in total. The summed E-state index contributed by atoms with van der Waals surface area (Å²) < 4.78 is 8.92. The van der Waals surface area contributed by atoms with Crippen molar-refractivity contribution >= 4 is 12.2 Å². The van der Waals surface area contributed by atoms with E-state index in [0.717, 1.165) is 0 Å². The van der Waals surface area contributed by atoms with Gasteiger partial charge >= 0.3 is 12.2 Å². The molecule has 0 bridgehead atoms. The van der Waals surface area contributed by atoms with Crippen LogP contribution < -0.4 is 10.6 Å². The second kappa shape index (κ2) is 3.80. The summed E-state index contributed by atoms with van der Waals surface area (Å²) in [6.07, 6.45) is -0.970. The number of hydrogen-bond acceptors (Lipinski definition) is 4. The van der Waals surface area contributed by atoms with Gasteiger partial charge in [0.1, 0.15) is 6.61 Å². The van der Waals surface area contributed by atoms with Crippen LogP contribution in [0.1, 0.15) is 0 Å². The molecule has 0 radical (unpaired) electrons. The predicted octanol–water partition coefficient (Wildman–Crippen LogP) is -0.549. The molecule has 0 aromatic carbocycles. The molecule has 1 fully saturated rings. The highest BCUT2D eigenvalue weighted by Crippen LogP contribution is 1.95. The molecule has 1 aliphatic rings. The molecule has 2 amide bonds. The van der Waals surface area contributed by atoms with Crippen molar-refractivity contribution in [3.63, 3.8) is 0 Å². The van der Waals surface area contributed by atoms with Gasteiger partial charge in [-0.2, -0.15) is 0 Å². The SMILES string of the molecule is COC(=O)NCC1COC(=O)N1. The molecule has 0 spiro atoms. The van der Waals surface area contributed by atoms with E-state index in [4.69, 9.17) is 0 Å². The van der Waals surface area contributed by atoms with Crippen LogP contribution in [0.3, 0.4) is 0 Å². The zero-order valence-electron chi connectivity index (χ0n) is 6.62. The van der Waals surface area contributed by atoms with Crippen LogP contribution >= 0.6 is 0 Å². The lowest BCUT2D eigenvalue weighted by molar-refractivity contribution is 0.169. The van der Waals surface area contributed by atoms with Gasteiger partial charge in [-0.1, -0.05) is 0 Å². The van der Waals surface area contributed by atoms with Gasteiger partial charge in [0.2, 0.25) is 0 Å². The number of rotatable bonds is 2. The maximum absolute atomic E-state index is 10.6. The summed E-state index contributed by atoms with van der Waals surface area (Å²) >= 11 is 0. The predicted molar refractivity (Wildman–Crippen MR) is 38.7 cm³/mol. The molecule has 1 aliphatic heterocycles. The van der Waals surface area contributed by atoms with Gasteiger partial charge in [-0.15, -0.1) is 0 Å². The van der Waals surface area contributed by atoms with Crippen molar-refractivity contribution in [3.8, 4) is 0 Å². The summed E-state index contributed by atoms with van der Waals surface area (Å²) in [6.45, 7) is 0.598. The molecule has 6 nitrogen and oxygen atoms in total. The molecule has 1 heterocycles. The molecule has 0 aromatic rings. The van der Waals surface area contributed by atoms with E-state index in [-0.39, 0.29) is 12.6 Å². The lowest BCUT2D eigenvalue weighted by atomic mass is 10.3. The molecule has 1 rings (SSSR count). The minimum Gasteiger partial charge on any atom is -0.453 e. The first-order chi connectivity index (χ1) is 5.72. The van der Waals surface area contributed by atoms with Crippen molar-refractivity contribution in [2.45, 2.75) is 6.04 Å². The van der Waals surface area contributed by atoms with Crippen LogP contribution in [0.25, 0.3) is 0 Å². The van der Waals surface area contributed by atoms with Gasteiger partial charge in [-0.3, -0.25) is 0 Å². The third-order valence-electron chi connectivity index (χ3n) is 1.42. The Hall–Kier alpha value is -1.46. The number of amides is 2. The average molecular weight is 174 g/mol. The molecule has 6 heteroatoms. The van der Waals surface area contributed by atoms with Crippen LogP contribution in [0.4, 0.5) is 9.59 Å². The topological polar surface area (TPSA) is 76.7 Å². The molecule has 0 saturated carbocycles. The second-order valence-corrected chi connectivity index (χ2v) is 2.31. The lowest BCUT2D eigenvalue weighted by Crippen LogP contribution is -2.39. The Morgan fingerprint density at radius 2 is 2.67 bits per heavy atom. The summed E-state index contributed by atoms with van der Waals surface area (Å²) in [6, 6.07) is -0.156. The number of nitrogens with one attached hydrogen (secondary N) is 2. The zero-order valence-corrected chi connectivity index (χ0v) is 6.62. The largest absolute Gasteiger partial charge is 0.453 e. The molecular weight excluding hydrogens is 164 g/mol. The lowest BCUT2D eigenvalue weighted by Gasteiger charge is -2.07. The van der Waals surface area contributed by atoms with Crippen LogP contribution in [0.15, 0.2) is 0 Å². The van der Waals surface area contributed by atoms with E-state index in [2.05, 4.69) is 20.1 Å². The minimum atomic E-state index is -0.517. The van der Waals surface area contributed by atoms with Gasteiger partial charge in [0.25, 0.3) is 0 Å². The number of hydrogen-bond donors (Lipinski definition) is 2. The van der Waals surface area contributed by atoms with Crippen LogP contribution in [0, 0.1) is 0 Å². The van der Waals surface area contributed by atoms with Gasteiger partial charge in [-0.25, -0.2) is 9.59 Å². The smallest absolute Gasteiger partial charge is 0.407 e. The van der Waals surface area contributed by atoms with Crippen molar-refractivity contribution in [1.29, 1.82) is 0 Å². The van der Waals surface area contributed by atoms with E-state index in [1.165, 1.54) is 7.11 Å². The van der Waals surface area contributed by atoms with Crippen molar-refractivity contribution in [1.82, 2.24) is 10.6 Å². The standard InChI is InChI=1S/C6H10N2O4/c1-11-5(9)7-2-4-3-12-6(10)8-4/h4H,2-3H2,1H3,(H,7,9)(H,8,10). The van der Waals surface area contributed by atoms with Crippen molar-refractivity contribution in [2.75, 3.05) is 20.3 Å². The van der Waals surface area contributed by atoms with E-state index in [1.807, 2.05) is 0 Å². The highest BCUT2D eigenvalue weighted by molar-refractivity contribution is 5.70. The van der Waals surface area contributed by atoms with Crippen molar-refractivity contribution < 1.29 is 19.1 Å². The van der Waals surface area contributed by atoms with E-state index in [0.29, 0.717) is 6.54 Å². The van der Waals surface area contributed by atoms with Gasteiger partial charge in [0, 0.05) is 6.54 Å². The first-order valence-electron chi connectivity index (χ1n) is 3.47. The van der Waals surface area contributed by atoms with Crippen molar-refractivity contribution in [2.24, 2.45) is 0 Å². The Bertz CT molecular complexity index is 194. The second-order valence-electron chi connectivity index (χ2n) is 2.31. The van der Waals surface area contributed by atoms with Crippen LogP contribution in [0.2, 0.25) is 0 Å². The molecule has 0 aliphatic carbocycles. The number of carbonyl (C=O) groups excluding carboxylic acids is 2. The number of cyclic esters (lactones) is 1. The average Bonchev–Trinajstić information content (AvgIpc) is 2.47. The first-order valence-corrected chi connectivity index (χ1v) is 3.47. The number of methoxy groups -OCH3 is 1. The van der Waals surface area contributed by atoms with Gasteiger partial charge in [-0.05, 0) is 0 Å². The highest BCUT2D eigenvalue weighted by Gasteiger charge is 2.22. The Labute approximate surface area is 69.2 Å². The number of carbonyl (C=O) groups is 2. The Morgan fingerprint density at radius 3 is 3.17 bits per heavy atom. The van der Waals surface area contributed by atoms with Crippen molar-refractivity contribution in [3.05, 3.63) is 0 Å². The normalized spacial score (nSPS) is 21.1. The molecule has 68 valence electrons. The Kier molecular flexibility index (Phi) is 2.73. The fourth-order valence-corrected chi connectivity index (χ4v) is 0.815. The molecule has 1 unspecified atom stereocenters. The third-order valence-corrected chi connectivity index (χ3v) is 1.42. The summed E-state index contributed by atoms with van der Waals surface area (Å²) in [5.41, 5.74) is 0. The summed E-state index contributed by atoms with van der Waals surface area (Å²) in [7, 11) is 1.28. The zero-order chi connectivity index (χ0) is 8.97. The molecule has 0 aromatic heterocycles. The number of alkyl carbamates (subject to hydrolysis) is 2. The molecule has 1 atom stereocenters. The quantitative estimate of drug-likeness (QED) is 0.589. The van der Waals surface area contributed by atoms with Crippen LogP contribution in [-0.4, -0.2) is 38.5 Å². The maximum Gasteiger partial charge on any atom is 0.407 e. The Balaban J connectivity index is 2.16. The fourth-order valence-electron chi connectivity index (χ4n) is 0.815. The van der Waals surface area contributed by atoms with Gasteiger partial charge < -0.3 is 20.1 Å². The van der Waals surface area contributed by atoms with Gasteiger partial charge in [0.15, 0.2) is 0 Å². The number of ether oxygens (including phenoxy) is 2. The van der Waals surface area contributed by atoms with E-state index >= 15 is 0 Å². The molecule has 1 saturated heterocycles.